The molecule has 0 amide bonds. The third-order valence-corrected chi connectivity index (χ3v) is 4.15. The van der Waals surface area contributed by atoms with Crippen molar-refractivity contribution in [3.8, 4) is 0 Å². The molecule has 19 heavy (non-hydrogen) atoms. The lowest BCUT2D eigenvalue weighted by molar-refractivity contribution is 0.0223. The Morgan fingerprint density at radius 2 is 2.11 bits per heavy atom. The highest BCUT2D eigenvalue weighted by atomic mass is 15.3. The van der Waals surface area contributed by atoms with E-state index >= 15 is 0 Å². The van der Waals surface area contributed by atoms with Crippen molar-refractivity contribution in [2.75, 3.05) is 39.3 Å². The summed E-state index contributed by atoms with van der Waals surface area (Å²) in [4.78, 5) is 5.16. The van der Waals surface area contributed by atoms with Crippen molar-refractivity contribution in [3.63, 3.8) is 0 Å². The van der Waals surface area contributed by atoms with Crippen LogP contribution in [0.1, 0.15) is 18.9 Å². The number of aromatic nitrogens is 2. The highest BCUT2D eigenvalue weighted by molar-refractivity contribution is 5.05. The van der Waals surface area contributed by atoms with Crippen LogP contribution in [0.5, 0.6) is 0 Å². The lowest BCUT2D eigenvalue weighted by Crippen LogP contribution is -2.62. The summed E-state index contributed by atoms with van der Waals surface area (Å²) in [6, 6.07) is 0.785. The number of likely N-dealkylation sites (tertiary alicyclic amines) is 1. The average molecular weight is 263 g/mol. The maximum Gasteiger partial charge on any atom is 0.0534 e. The molecule has 106 valence electrons. The number of aryl methyl sites for hydroxylation is 1. The van der Waals surface area contributed by atoms with Crippen molar-refractivity contribution in [1.82, 2.24) is 24.9 Å². The maximum absolute atomic E-state index is 4.40. The van der Waals surface area contributed by atoms with Gasteiger partial charge in [-0.2, -0.15) is 5.10 Å². The minimum absolute atomic E-state index is 0.785. The molecule has 0 spiro atoms. The molecule has 0 aliphatic carbocycles. The first-order valence-corrected chi connectivity index (χ1v) is 7.53. The molecular weight excluding hydrogens is 238 g/mol. The van der Waals surface area contributed by atoms with Crippen molar-refractivity contribution < 1.29 is 0 Å². The van der Waals surface area contributed by atoms with Gasteiger partial charge in [-0.1, -0.05) is 6.92 Å². The fraction of sp³-hybridized carbons (Fsp3) is 0.786. The van der Waals surface area contributed by atoms with E-state index in [2.05, 4.69) is 38.0 Å². The zero-order valence-corrected chi connectivity index (χ0v) is 11.9. The van der Waals surface area contributed by atoms with E-state index in [9.17, 15) is 0 Å². The molecular formula is C14H25N5. The van der Waals surface area contributed by atoms with Crippen LogP contribution in [0.3, 0.4) is 0 Å². The molecule has 5 nitrogen and oxygen atoms in total. The molecule has 2 fully saturated rings. The van der Waals surface area contributed by atoms with Crippen LogP contribution in [0.2, 0.25) is 0 Å². The molecule has 0 atom stereocenters. The molecule has 0 aromatic carbocycles. The number of rotatable bonds is 5. The lowest BCUT2D eigenvalue weighted by Gasteiger charge is -2.46. The summed E-state index contributed by atoms with van der Waals surface area (Å²) in [5, 5.41) is 7.81. The number of nitrogens with one attached hydrogen (secondary N) is 1. The highest BCUT2D eigenvalue weighted by Crippen LogP contribution is 2.18. The summed E-state index contributed by atoms with van der Waals surface area (Å²) in [6.07, 6.45) is 5.37. The zero-order valence-electron chi connectivity index (χ0n) is 11.9. The molecule has 5 heteroatoms. The Kier molecular flexibility index (Phi) is 4.15. The normalized spacial score (nSPS) is 22.6. The highest BCUT2D eigenvalue weighted by Gasteiger charge is 2.32. The zero-order chi connectivity index (χ0) is 13.1. The van der Waals surface area contributed by atoms with Crippen LogP contribution in [0.15, 0.2) is 12.4 Å². The van der Waals surface area contributed by atoms with Crippen molar-refractivity contribution in [3.05, 3.63) is 18.0 Å². The quantitative estimate of drug-likeness (QED) is 0.833. The first-order valence-electron chi connectivity index (χ1n) is 7.53. The van der Waals surface area contributed by atoms with Crippen LogP contribution in [0.25, 0.3) is 0 Å². The Morgan fingerprint density at radius 1 is 1.32 bits per heavy atom. The van der Waals surface area contributed by atoms with Crippen molar-refractivity contribution in [1.29, 1.82) is 0 Å². The summed E-state index contributed by atoms with van der Waals surface area (Å²) >= 11 is 0. The smallest absolute Gasteiger partial charge is 0.0534 e. The SMILES string of the molecule is CCCn1cc(CN2CC(N3CCNCC3)C2)cn1. The van der Waals surface area contributed by atoms with E-state index in [0.29, 0.717) is 0 Å². The molecule has 0 radical (unpaired) electrons. The molecule has 3 heterocycles. The van der Waals surface area contributed by atoms with E-state index in [1.54, 1.807) is 0 Å². The Labute approximate surface area is 115 Å². The van der Waals surface area contributed by atoms with E-state index in [-0.39, 0.29) is 0 Å². The molecule has 2 saturated heterocycles. The van der Waals surface area contributed by atoms with E-state index in [0.717, 1.165) is 38.6 Å². The summed E-state index contributed by atoms with van der Waals surface area (Å²) < 4.78 is 2.06. The minimum atomic E-state index is 0.785. The molecule has 0 unspecified atom stereocenters. The van der Waals surface area contributed by atoms with Gasteiger partial charge in [-0.05, 0) is 6.42 Å². The molecule has 0 saturated carbocycles. The standard InChI is InChI=1S/C14H25N5/c1-2-5-19-10-13(8-16-19)9-17-11-14(12-17)18-6-3-15-4-7-18/h8,10,14-15H,2-7,9,11-12H2,1H3. The van der Waals surface area contributed by atoms with Gasteiger partial charge in [0.25, 0.3) is 0 Å². The van der Waals surface area contributed by atoms with Crippen molar-refractivity contribution in [2.45, 2.75) is 32.5 Å². The van der Waals surface area contributed by atoms with Crippen LogP contribution < -0.4 is 5.32 Å². The van der Waals surface area contributed by atoms with Gasteiger partial charge < -0.3 is 5.32 Å². The van der Waals surface area contributed by atoms with Gasteiger partial charge in [-0.15, -0.1) is 0 Å². The van der Waals surface area contributed by atoms with Crippen molar-refractivity contribution >= 4 is 0 Å². The fourth-order valence-electron chi connectivity index (χ4n) is 3.05. The average Bonchev–Trinajstić information content (AvgIpc) is 2.82. The topological polar surface area (TPSA) is 36.3 Å². The molecule has 1 aromatic heterocycles. The second-order valence-electron chi connectivity index (χ2n) is 5.75. The van der Waals surface area contributed by atoms with Gasteiger partial charge in [0.2, 0.25) is 0 Å². The molecule has 1 N–H and O–H groups in total. The lowest BCUT2D eigenvalue weighted by atomic mass is 10.1. The summed E-state index contributed by atoms with van der Waals surface area (Å²) in [7, 11) is 0. The maximum atomic E-state index is 4.40. The first kappa shape index (κ1) is 13.1. The van der Waals surface area contributed by atoms with Crippen LogP contribution in [0, 0.1) is 0 Å². The number of piperazine rings is 1. The minimum Gasteiger partial charge on any atom is -0.314 e. The van der Waals surface area contributed by atoms with Gasteiger partial charge in [0.1, 0.15) is 0 Å². The third-order valence-electron chi connectivity index (χ3n) is 4.15. The Hall–Kier alpha value is -0.910. The Bertz CT molecular complexity index is 390. The summed E-state index contributed by atoms with van der Waals surface area (Å²) in [5.74, 6) is 0. The molecule has 2 aliphatic rings. The second kappa shape index (κ2) is 6.03. The molecule has 3 rings (SSSR count). The van der Waals surface area contributed by atoms with Gasteiger partial charge in [0.05, 0.1) is 6.20 Å². The van der Waals surface area contributed by atoms with Crippen LogP contribution in [0.4, 0.5) is 0 Å². The summed E-state index contributed by atoms with van der Waals surface area (Å²) in [5.41, 5.74) is 1.35. The monoisotopic (exact) mass is 263 g/mol. The number of hydrogen-bond acceptors (Lipinski definition) is 4. The number of nitrogens with zero attached hydrogens (tertiary/aromatic N) is 4. The Morgan fingerprint density at radius 3 is 2.84 bits per heavy atom. The van der Waals surface area contributed by atoms with Crippen LogP contribution in [-0.2, 0) is 13.1 Å². The molecule has 1 aromatic rings. The molecule has 2 aliphatic heterocycles. The number of hydrogen-bond donors (Lipinski definition) is 1. The van der Waals surface area contributed by atoms with E-state index in [1.807, 2.05) is 6.20 Å². The summed E-state index contributed by atoms with van der Waals surface area (Å²) in [6.45, 7) is 11.5. The van der Waals surface area contributed by atoms with Gasteiger partial charge in [0.15, 0.2) is 0 Å². The Balaban J connectivity index is 1.42. The molecule has 0 bridgehead atoms. The van der Waals surface area contributed by atoms with E-state index in [4.69, 9.17) is 0 Å². The van der Waals surface area contributed by atoms with Gasteiger partial charge in [-0.25, -0.2) is 0 Å². The van der Waals surface area contributed by atoms with E-state index < -0.39 is 0 Å². The van der Waals surface area contributed by atoms with Crippen LogP contribution >= 0.6 is 0 Å². The third kappa shape index (κ3) is 3.16. The first-order chi connectivity index (χ1) is 9.35. The van der Waals surface area contributed by atoms with Gasteiger partial charge in [0, 0.05) is 70.2 Å². The van der Waals surface area contributed by atoms with Crippen molar-refractivity contribution in [2.24, 2.45) is 0 Å². The predicted octanol–water partition coefficient (Wildman–Crippen LogP) is 0.383. The van der Waals surface area contributed by atoms with Gasteiger partial charge in [-0.3, -0.25) is 14.5 Å². The van der Waals surface area contributed by atoms with E-state index in [1.165, 1.54) is 31.7 Å². The fourth-order valence-corrected chi connectivity index (χ4v) is 3.05. The van der Waals surface area contributed by atoms with Crippen LogP contribution in [-0.4, -0.2) is 64.9 Å². The second-order valence-corrected chi connectivity index (χ2v) is 5.75. The predicted molar refractivity (Wildman–Crippen MR) is 76.0 cm³/mol. The largest absolute Gasteiger partial charge is 0.314 e. The van der Waals surface area contributed by atoms with Gasteiger partial charge >= 0.3 is 0 Å².